The fourth-order valence-corrected chi connectivity index (χ4v) is 3.81. The molecule has 1 aliphatic rings. The van der Waals surface area contributed by atoms with Crippen molar-refractivity contribution in [3.05, 3.63) is 39.2 Å². The van der Waals surface area contributed by atoms with Gasteiger partial charge in [-0.05, 0) is 42.5 Å². The predicted molar refractivity (Wildman–Crippen MR) is 73.9 cm³/mol. The van der Waals surface area contributed by atoms with Crippen LogP contribution in [0.15, 0.2) is 28.7 Å². The highest BCUT2D eigenvalue weighted by Gasteiger charge is 2.21. The van der Waals surface area contributed by atoms with Gasteiger partial charge in [0.2, 0.25) is 0 Å². The average molecular weight is 294 g/mol. The van der Waals surface area contributed by atoms with E-state index in [1.807, 2.05) is 0 Å². The first-order chi connectivity index (χ1) is 7.75. The zero-order valence-corrected chi connectivity index (χ0v) is 11.2. The molecule has 0 bridgehead atoms. The van der Waals surface area contributed by atoms with E-state index in [-0.39, 0.29) is 0 Å². The molecule has 3 rings (SSSR count). The number of rotatable bonds is 1. The summed E-state index contributed by atoms with van der Waals surface area (Å²) in [6, 6.07) is 8.43. The van der Waals surface area contributed by atoms with Crippen molar-refractivity contribution in [2.45, 2.75) is 19.3 Å². The molecular formula is C13H12BrNS. The average Bonchev–Trinajstić information content (AvgIpc) is 2.79. The highest BCUT2D eigenvalue weighted by Crippen LogP contribution is 2.43. The summed E-state index contributed by atoms with van der Waals surface area (Å²) >= 11 is 5.23. The molecule has 0 amide bonds. The molecular weight excluding hydrogens is 282 g/mol. The van der Waals surface area contributed by atoms with Crippen LogP contribution in [0.2, 0.25) is 0 Å². The van der Waals surface area contributed by atoms with Crippen molar-refractivity contribution in [2.24, 2.45) is 0 Å². The molecule has 0 unspecified atom stereocenters. The SMILES string of the molecule is Nc1sc2c(c1-c1ccc(Br)cc1)CCC2. The van der Waals surface area contributed by atoms with Crippen LogP contribution in [0.3, 0.4) is 0 Å². The summed E-state index contributed by atoms with van der Waals surface area (Å²) in [4.78, 5) is 1.50. The van der Waals surface area contributed by atoms with Crippen molar-refractivity contribution in [3.8, 4) is 11.1 Å². The van der Waals surface area contributed by atoms with Crippen molar-refractivity contribution < 1.29 is 0 Å². The molecule has 1 heterocycles. The first-order valence-corrected chi connectivity index (χ1v) is 7.02. The minimum atomic E-state index is 0.979. The van der Waals surface area contributed by atoms with Gasteiger partial charge in [-0.3, -0.25) is 0 Å². The van der Waals surface area contributed by atoms with E-state index in [0.29, 0.717) is 0 Å². The maximum absolute atomic E-state index is 6.13. The van der Waals surface area contributed by atoms with E-state index in [1.165, 1.54) is 40.8 Å². The third kappa shape index (κ3) is 1.59. The molecule has 0 aliphatic heterocycles. The second-order valence-corrected chi connectivity index (χ2v) is 6.16. The molecule has 16 heavy (non-hydrogen) atoms. The molecule has 0 fully saturated rings. The van der Waals surface area contributed by atoms with Crippen LogP contribution < -0.4 is 5.73 Å². The lowest BCUT2D eigenvalue weighted by Gasteiger charge is -2.04. The molecule has 1 aromatic heterocycles. The molecule has 0 radical (unpaired) electrons. The summed E-state index contributed by atoms with van der Waals surface area (Å²) in [6.07, 6.45) is 3.68. The Balaban J connectivity index is 2.16. The second-order valence-electron chi connectivity index (χ2n) is 4.10. The number of halogens is 1. The normalized spacial score (nSPS) is 14.1. The topological polar surface area (TPSA) is 26.0 Å². The van der Waals surface area contributed by atoms with Gasteiger partial charge in [-0.25, -0.2) is 0 Å². The third-order valence-corrected chi connectivity index (χ3v) is 4.73. The summed E-state index contributed by atoms with van der Waals surface area (Å²) in [5.41, 5.74) is 10.2. The first kappa shape index (κ1) is 10.4. The van der Waals surface area contributed by atoms with Gasteiger partial charge in [0.05, 0.1) is 5.00 Å². The zero-order chi connectivity index (χ0) is 11.1. The molecule has 0 saturated carbocycles. The number of benzene rings is 1. The Kier molecular flexibility index (Phi) is 2.52. The quantitative estimate of drug-likeness (QED) is 0.836. The molecule has 82 valence electrons. The van der Waals surface area contributed by atoms with Gasteiger partial charge in [0.15, 0.2) is 0 Å². The fourth-order valence-electron chi connectivity index (χ4n) is 2.36. The van der Waals surface area contributed by atoms with Gasteiger partial charge < -0.3 is 5.73 Å². The number of fused-ring (bicyclic) bond motifs is 1. The fraction of sp³-hybridized carbons (Fsp3) is 0.231. The van der Waals surface area contributed by atoms with Crippen molar-refractivity contribution in [3.63, 3.8) is 0 Å². The number of nitrogen functional groups attached to an aromatic ring is 1. The van der Waals surface area contributed by atoms with Crippen molar-refractivity contribution >= 4 is 32.3 Å². The Morgan fingerprint density at radius 2 is 1.88 bits per heavy atom. The van der Waals surface area contributed by atoms with Crippen LogP contribution in [-0.4, -0.2) is 0 Å². The van der Waals surface area contributed by atoms with E-state index < -0.39 is 0 Å². The van der Waals surface area contributed by atoms with E-state index in [1.54, 1.807) is 11.3 Å². The van der Waals surface area contributed by atoms with E-state index in [4.69, 9.17) is 5.73 Å². The van der Waals surface area contributed by atoms with Crippen LogP contribution >= 0.6 is 27.3 Å². The molecule has 1 aromatic carbocycles. The van der Waals surface area contributed by atoms with Gasteiger partial charge in [-0.15, -0.1) is 11.3 Å². The van der Waals surface area contributed by atoms with E-state index >= 15 is 0 Å². The monoisotopic (exact) mass is 293 g/mol. The van der Waals surface area contributed by atoms with E-state index in [2.05, 4.69) is 40.2 Å². The minimum Gasteiger partial charge on any atom is -0.390 e. The van der Waals surface area contributed by atoms with Crippen LogP contribution in [0, 0.1) is 0 Å². The lowest BCUT2D eigenvalue weighted by atomic mass is 10.0. The largest absolute Gasteiger partial charge is 0.390 e. The Hall–Kier alpha value is -0.800. The van der Waals surface area contributed by atoms with Crippen molar-refractivity contribution in [2.75, 3.05) is 5.73 Å². The second kappa shape index (κ2) is 3.90. The highest BCUT2D eigenvalue weighted by atomic mass is 79.9. The molecule has 1 aliphatic carbocycles. The highest BCUT2D eigenvalue weighted by molar-refractivity contribution is 9.10. The zero-order valence-electron chi connectivity index (χ0n) is 8.79. The number of hydrogen-bond acceptors (Lipinski definition) is 2. The van der Waals surface area contributed by atoms with Gasteiger partial charge >= 0.3 is 0 Å². The molecule has 0 spiro atoms. The Labute approximate surface area is 107 Å². The Morgan fingerprint density at radius 3 is 2.62 bits per heavy atom. The van der Waals surface area contributed by atoms with Crippen LogP contribution in [0.4, 0.5) is 5.00 Å². The van der Waals surface area contributed by atoms with E-state index in [9.17, 15) is 0 Å². The molecule has 2 aromatic rings. The summed E-state index contributed by atoms with van der Waals surface area (Å²) < 4.78 is 1.11. The van der Waals surface area contributed by atoms with Gasteiger partial charge in [-0.1, -0.05) is 28.1 Å². The van der Waals surface area contributed by atoms with Crippen LogP contribution in [0.5, 0.6) is 0 Å². The number of hydrogen-bond donors (Lipinski definition) is 1. The van der Waals surface area contributed by atoms with Crippen molar-refractivity contribution in [1.29, 1.82) is 0 Å². The Morgan fingerprint density at radius 1 is 1.12 bits per heavy atom. The number of aryl methyl sites for hydroxylation is 1. The number of thiophene rings is 1. The first-order valence-electron chi connectivity index (χ1n) is 5.41. The van der Waals surface area contributed by atoms with E-state index in [0.717, 1.165) is 9.47 Å². The Bertz CT molecular complexity index is 528. The minimum absolute atomic E-state index is 0.979. The summed E-state index contributed by atoms with van der Waals surface area (Å²) in [6.45, 7) is 0. The molecule has 0 atom stereocenters. The summed E-state index contributed by atoms with van der Waals surface area (Å²) in [5.74, 6) is 0. The maximum Gasteiger partial charge on any atom is 0.0941 e. The standard InChI is InChI=1S/C13H12BrNS/c14-9-6-4-8(5-7-9)12-10-2-1-3-11(10)16-13(12)15/h4-7H,1-3,15H2. The maximum atomic E-state index is 6.13. The van der Waals surface area contributed by atoms with Gasteiger partial charge in [0, 0.05) is 14.9 Å². The van der Waals surface area contributed by atoms with Gasteiger partial charge in [-0.2, -0.15) is 0 Å². The predicted octanol–water partition coefficient (Wildman–Crippen LogP) is 4.25. The smallest absolute Gasteiger partial charge is 0.0941 e. The van der Waals surface area contributed by atoms with Gasteiger partial charge in [0.1, 0.15) is 0 Å². The molecule has 2 N–H and O–H groups in total. The molecule has 1 nitrogen and oxygen atoms in total. The lowest BCUT2D eigenvalue weighted by molar-refractivity contribution is 0.915. The third-order valence-electron chi connectivity index (χ3n) is 3.08. The van der Waals surface area contributed by atoms with Crippen LogP contribution in [0.25, 0.3) is 11.1 Å². The van der Waals surface area contributed by atoms with Crippen molar-refractivity contribution in [1.82, 2.24) is 0 Å². The number of anilines is 1. The summed E-state index contributed by atoms with van der Waals surface area (Å²) in [7, 11) is 0. The lowest BCUT2D eigenvalue weighted by Crippen LogP contribution is -1.87. The summed E-state index contributed by atoms with van der Waals surface area (Å²) in [5, 5.41) is 0.979. The molecule has 0 saturated heterocycles. The number of nitrogens with two attached hydrogens (primary N) is 1. The van der Waals surface area contributed by atoms with Crippen LogP contribution in [-0.2, 0) is 12.8 Å². The van der Waals surface area contributed by atoms with Crippen LogP contribution in [0.1, 0.15) is 16.9 Å². The van der Waals surface area contributed by atoms with Gasteiger partial charge in [0.25, 0.3) is 0 Å². The molecule has 3 heteroatoms.